The first kappa shape index (κ1) is 31.9. The second kappa shape index (κ2) is 13.3. The van der Waals surface area contributed by atoms with Crippen LogP contribution in [0.2, 0.25) is 0 Å². The zero-order valence-corrected chi connectivity index (χ0v) is 21.9. The second-order valence-electron chi connectivity index (χ2n) is 8.85. The van der Waals surface area contributed by atoms with Crippen molar-refractivity contribution in [1.82, 2.24) is 29.0 Å². The van der Waals surface area contributed by atoms with Crippen LogP contribution in [0.3, 0.4) is 0 Å². The van der Waals surface area contributed by atoms with E-state index < -0.39 is 24.3 Å². The van der Waals surface area contributed by atoms with Gasteiger partial charge in [0.1, 0.15) is 0 Å². The fourth-order valence-corrected chi connectivity index (χ4v) is 3.88. The number of fused-ring (bicyclic) bond motifs is 1. The third-order valence-electron chi connectivity index (χ3n) is 5.80. The Morgan fingerprint density at radius 2 is 1.45 bits per heavy atom. The number of anilines is 1. The van der Waals surface area contributed by atoms with Gasteiger partial charge in [0.05, 0.1) is 18.1 Å². The molecular formula is C25H25F6N7O4. The zero-order valence-electron chi connectivity index (χ0n) is 21.9. The SMILES string of the molecule is Cn1cc(CN2CCN(c3nccn4c(-c5ccccc5)cnc34)CC2)cn1.O=C(O)C(F)(F)F.O=C(O)C(F)(F)F. The molecule has 0 amide bonds. The molecule has 0 spiro atoms. The number of aryl methyl sites for hydroxylation is 1. The molecule has 0 atom stereocenters. The van der Waals surface area contributed by atoms with E-state index in [0.29, 0.717) is 0 Å². The monoisotopic (exact) mass is 601 g/mol. The van der Waals surface area contributed by atoms with E-state index in [0.717, 1.165) is 55.4 Å². The number of carboxylic acid groups (broad SMARTS) is 2. The summed E-state index contributed by atoms with van der Waals surface area (Å²) in [6.45, 7) is 4.84. The van der Waals surface area contributed by atoms with Crippen LogP contribution in [-0.4, -0.2) is 89.7 Å². The Morgan fingerprint density at radius 3 is 1.95 bits per heavy atom. The third-order valence-corrected chi connectivity index (χ3v) is 5.80. The minimum atomic E-state index is -5.08. The van der Waals surface area contributed by atoms with Crippen molar-refractivity contribution in [2.45, 2.75) is 18.9 Å². The van der Waals surface area contributed by atoms with Gasteiger partial charge in [0.25, 0.3) is 0 Å². The number of carboxylic acids is 2. The summed E-state index contributed by atoms with van der Waals surface area (Å²) < 4.78 is 67.5. The molecule has 4 heterocycles. The predicted octanol–water partition coefficient (Wildman–Crippen LogP) is 3.72. The molecule has 1 aliphatic heterocycles. The largest absolute Gasteiger partial charge is 0.490 e. The average molecular weight is 602 g/mol. The van der Waals surface area contributed by atoms with Gasteiger partial charge in [-0.15, -0.1) is 0 Å². The van der Waals surface area contributed by atoms with Gasteiger partial charge in [-0.05, 0) is 0 Å². The van der Waals surface area contributed by atoms with Crippen molar-refractivity contribution >= 4 is 23.4 Å². The van der Waals surface area contributed by atoms with Crippen LogP contribution < -0.4 is 4.90 Å². The lowest BCUT2D eigenvalue weighted by Crippen LogP contribution is -2.46. The fourth-order valence-electron chi connectivity index (χ4n) is 3.88. The summed E-state index contributed by atoms with van der Waals surface area (Å²) in [6.07, 6.45) is -0.325. The smallest absolute Gasteiger partial charge is 0.475 e. The summed E-state index contributed by atoms with van der Waals surface area (Å²) in [7, 11) is 1.96. The minimum absolute atomic E-state index is 0.919. The van der Waals surface area contributed by atoms with Gasteiger partial charge in [0.15, 0.2) is 11.5 Å². The van der Waals surface area contributed by atoms with Gasteiger partial charge in [0.2, 0.25) is 0 Å². The first-order valence-electron chi connectivity index (χ1n) is 12.1. The summed E-state index contributed by atoms with van der Waals surface area (Å²) in [5.74, 6) is -4.55. The topological polar surface area (TPSA) is 129 Å². The Labute approximate surface area is 234 Å². The molecule has 1 saturated heterocycles. The highest BCUT2D eigenvalue weighted by Crippen LogP contribution is 2.26. The third kappa shape index (κ3) is 8.66. The van der Waals surface area contributed by atoms with Crippen molar-refractivity contribution in [3.63, 3.8) is 0 Å². The van der Waals surface area contributed by atoms with Crippen molar-refractivity contribution < 1.29 is 46.1 Å². The fraction of sp³-hybridized carbons (Fsp3) is 0.320. The van der Waals surface area contributed by atoms with Crippen molar-refractivity contribution in [1.29, 1.82) is 0 Å². The molecule has 0 bridgehead atoms. The van der Waals surface area contributed by atoms with Crippen LogP contribution in [0.15, 0.2) is 61.3 Å². The number of carbonyl (C=O) groups is 2. The molecule has 11 nitrogen and oxygen atoms in total. The number of piperazine rings is 1. The van der Waals surface area contributed by atoms with E-state index >= 15 is 0 Å². The van der Waals surface area contributed by atoms with Gasteiger partial charge < -0.3 is 15.1 Å². The van der Waals surface area contributed by atoms with Crippen molar-refractivity contribution in [2.24, 2.45) is 7.05 Å². The van der Waals surface area contributed by atoms with Crippen LogP contribution in [0.5, 0.6) is 0 Å². The zero-order chi connectivity index (χ0) is 31.1. The number of hydrogen-bond donors (Lipinski definition) is 2. The first-order valence-corrected chi connectivity index (χ1v) is 12.1. The van der Waals surface area contributed by atoms with Gasteiger partial charge in [-0.2, -0.15) is 31.4 Å². The molecule has 1 fully saturated rings. The second-order valence-corrected chi connectivity index (χ2v) is 8.85. The highest BCUT2D eigenvalue weighted by Gasteiger charge is 2.38. The maximum atomic E-state index is 10.6. The minimum Gasteiger partial charge on any atom is -0.475 e. The van der Waals surface area contributed by atoms with E-state index in [-0.39, 0.29) is 0 Å². The maximum absolute atomic E-state index is 10.6. The maximum Gasteiger partial charge on any atom is 0.490 e. The number of imidazole rings is 1. The number of halogens is 6. The van der Waals surface area contributed by atoms with Crippen LogP contribution in [0.25, 0.3) is 16.9 Å². The molecule has 226 valence electrons. The van der Waals surface area contributed by atoms with Gasteiger partial charge in [-0.3, -0.25) is 14.0 Å². The lowest BCUT2D eigenvalue weighted by molar-refractivity contribution is -0.193. The molecule has 1 aromatic carbocycles. The highest BCUT2D eigenvalue weighted by molar-refractivity contribution is 5.73. The summed E-state index contributed by atoms with van der Waals surface area (Å²) >= 11 is 0. The Bertz CT molecular complexity index is 1460. The number of aromatic nitrogens is 5. The average Bonchev–Trinajstić information content (AvgIpc) is 3.55. The van der Waals surface area contributed by atoms with E-state index in [1.54, 1.807) is 0 Å². The van der Waals surface area contributed by atoms with Gasteiger partial charge in [-0.25, -0.2) is 19.6 Å². The molecule has 5 rings (SSSR count). The number of rotatable bonds is 4. The van der Waals surface area contributed by atoms with Crippen LogP contribution >= 0.6 is 0 Å². The van der Waals surface area contributed by atoms with E-state index in [4.69, 9.17) is 24.8 Å². The normalized spacial score (nSPS) is 14.0. The van der Waals surface area contributed by atoms with E-state index in [1.165, 1.54) is 5.56 Å². The van der Waals surface area contributed by atoms with Crippen molar-refractivity contribution in [3.8, 4) is 11.3 Å². The summed E-state index contributed by atoms with van der Waals surface area (Å²) in [5, 5.41) is 18.5. The van der Waals surface area contributed by atoms with Crippen molar-refractivity contribution in [3.05, 3.63) is 66.9 Å². The van der Waals surface area contributed by atoms with Crippen LogP contribution in [0.1, 0.15) is 5.56 Å². The van der Waals surface area contributed by atoms with Gasteiger partial charge in [0, 0.05) is 69.5 Å². The standard InChI is InChI=1S/C21H23N7.2C2HF3O2/c1-25-15-17(13-24-25)16-26-9-11-27(12-10-26)20-21-23-14-19(28(21)8-7-22-20)18-5-3-2-4-6-18;2*3-2(4,5)1(6)7/h2-8,13-15H,9-12,16H2,1H3;2*(H,6,7). The van der Waals surface area contributed by atoms with Crippen LogP contribution in [-0.2, 0) is 23.2 Å². The molecule has 3 aromatic heterocycles. The number of benzene rings is 1. The summed E-state index contributed by atoms with van der Waals surface area (Å²) in [4.78, 5) is 32.0. The molecule has 0 aliphatic carbocycles. The molecule has 0 unspecified atom stereocenters. The number of alkyl halides is 6. The molecule has 2 N–H and O–H groups in total. The lowest BCUT2D eigenvalue weighted by atomic mass is 10.2. The molecular weight excluding hydrogens is 576 g/mol. The molecule has 4 aromatic rings. The molecule has 0 saturated carbocycles. The molecule has 1 aliphatic rings. The van der Waals surface area contributed by atoms with Gasteiger partial charge >= 0.3 is 24.3 Å². The number of hydrogen-bond acceptors (Lipinski definition) is 7. The quantitative estimate of drug-likeness (QED) is 0.337. The Kier molecular flexibility index (Phi) is 10.1. The number of aliphatic carboxylic acids is 2. The van der Waals surface area contributed by atoms with Crippen molar-refractivity contribution in [2.75, 3.05) is 31.1 Å². The van der Waals surface area contributed by atoms with Crippen LogP contribution in [0, 0.1) is 0 Å². The van der Waals surface area contributed by atoms with E-state index in [2.05, 4.69) is 54.7 Å². The van der Waals surface area contributed by atoms with E-state index in [9.17, 15) is 26.3 Å². The first-order chi connectivity index (χ1) is 19.7. The molecule has 17 heteroatoms. The lowest BCUT2D eigenvalue weighted by Gasteiger charge is -2.35. The summed E-state index contributed by atoms with van der Waals surface area (Å²) in [6, 6.07) is 10.4. The Hall–Kier alpha value is -4.67. The Balaban J connectivity index is 0.000000289. The molecule has 42 heavy (non-hydrogen) atoms. The summed E-state index contributed by atoms with van der Waals surface area (Å²) in [5.41, 5.74) is 4.43. The van der Waals surface area contributed by atoms with Gasteiger partial charge in [-0.1, -0.05) is 30.3 Å². The van der Waals surface area contributed by atoms with E-state index in [1.807, 2.05) is 42.6 Å². The predicted molar refractivity (Wildman–Crippen MR) is 137 cm³/mol. The Morgan fingerprint density at radius 1 is 0.881 bits per heavy atom. The molecule has 0 radical (unpaired) electrons. The van der Waals surface area contributed by atoms with Crippen LogP contribution in [0.4, 0.5) is 32.2 Å². The highest BCUT2D eigenvalue weighted by atomic mass is 19.4. The number of nitrogens with zero attached hydrogens (tertiary/aromatic N) is 7.